The molecule has 0 saturated carbocycles. The van der Waals surface area contributed by atoms with Gasteiger partial charge >= 0.3 is 12.1 Å². The van der Waals surface area contributed by atoms with E-state index in [9.17, 15) is 14.7 Å². The molecule has 0 radical (unpaired) electrons. The lowest BCUT2D eigenvalue weighted by Crippen LogP contribution is -2.40. The van der Waals surface area contributed by atoms with Crippen molar-refractivity contribution in [1.29, 1.82) is 0 Å². The average Bonchev–Trinajstić information content (AvgIpc) is 2.31. The van der Waals surface area contributed by atoms with Gasteiger partial charge in [-0.05, 0) is 45.7 Å². The smallest absolute Gasteiger partial charge is 0.411 e. The van der Waals surface area contributed by atoms with Gasteiger partial charge in [0.05, 0.1) is 0 Å². The molecule has 0 spiro atoms. The first kappa shape index (κ1) is 17.0. The largest absolute Gasteiger partial charge is 0.479 e. The highest BCUT2D eigenvalue weighted by Gasteiger charge is 2.32. The molecular weight excluding hydrogens is 270 g/mol. The van der Waals surface area contributed by atoms with Crippen molar-refractivity contribution in [2.75, 3.05) is 7.05 Å². The van der Waals surface area contributed by atoms with E-state index in [4.69, 9.17) is 4.74 Å². The molecular formula is C16H23NO4. The Labute approximate surface area is 125 Å². The van der Waals surface area contributed by atoms with E-state index < -0.39 is 23.7 Å². The van der Waals surface area contributed by atoms with Crippen LogP contribution in [0.2, 0.25) is 0 Å². The molecule has 0 saturated heterocycles. The van der Waals surface area contributed by atoms with E-state index in [2.05, 4.69) is 0 Å². The summed E-state index contributed by atoms with van der Waals surface area (Å²) in [4.78, 5) is 24.9. The zero-order chi connectivity index (χ0) is 16.4. The van der Waals surface area contributed by atoms with Crippen molar-refractivity contribution in [3.8, 4) is 0 Å². The first-order valence-corrected chi connectivity index (χ1v) is 6.78. The molecule has 1 N–H and O–H groups in total. The fourth-order valence-corrected chi connectivity index (χ4v) is 2.00. The molecule has 1 aromatic carbocycles. The molecule has 1 unspecified atom stereocenters. The van der Waals surface area contributed by atoms with Crippen LogP contribution in [0.4, 0.5) is 4.79 Å². The summed E-state index contributed by atoms with van der Waals surface area (Å²) in [7, 11) is 1.44. The summed E-state index contributed by atoms with van der Waals surface area (Å²) < 4.78 is 5.25. The molecule has 0 aliphatic rings. The van der Waals surface area contributed by atoms with Crippen LogP contribution in [0.1, 0.15) is 43.5 Å². The number of carboxylic acids is 1. The van der Waals surface area contributed by atoms with Gasteiger partial charge in [0, 0.05) is 7.05 Å². The molecule has 1 aromatic rings. The fraction of sp³-hybridized carbons (Fsp3) is 0.500. The Balaban J connectivity index is 3.15. The summed E-state index contributed by atoms with van der Waals surface area (Å²) in [6.45, 7) is 8.94. The van der Waals surface area contributed by atoms with Crippen LogP contribution in [0.5, 0.6) is 0 Å². The zero-order valence-electron chi connectivity index (χ0n) is 13.4. The molecule has 5 nitrogen and oxygen atoms in total. The predicted molar refractivity (Wildman–Crippen MR) is 80.3 cm³/mol. The normalized spacial score (nSPS) is 12.7. The highest BCUT2D eigenvalue weighted by Crippen LogP contribution is 2.26. The van der Waals surface area contributed by atoms with E-state index in [0.29, 0.717) is 5.56 Å². The minimum atomic E-state index is -1.09. The Morgan fingerprint density at radius 1 is 1.24 bits per heavy atom. The van der Waals surface area contributed by atoms with Gasteiger partial charge in [-0.3, -0.25) is 4.90 Å². The molecule has 5 heteroatoms. The first-order valence-electron chi connectivity index (χ1n) is 6.78. The molecule has 116 valence electrons. The number of benzene rings is 1. The standard InChI is InChI=1S/C16H23NO4/c1-10-7-8-11(2)12(9-10)13(14(18)19)17(6)15(20)21-16(3,4)5/h7-9,13H,1-6H3,(H,18,19). The maximum atomic E-state index is 12.1. The molecule has 0 aliphatic heterocycles. The summed E-state index contributed by atoms with van der Waals surface area (Å²) in [5.41, 5.74) is 1.69. The van der Waals surface area contributed by atoms with Gasteiger partial charge in [-0.25, -0.2) is 9.59 Å². The van der Waals surface area contributed by atoms with E-state index in [0.717, 1.165) is 16.0 Å². The Kier molecular flexibility index (Phi) is 4.99. The Hall–Kier alpha value is -2.04. The lowest BCUT2D eigenvalue weighted by molar-refractivity contribution is -0.143. The van der Waals surface area contributed by atoms with Gasteiger partial charge in [0.25, 0.3) is 0 Å². The second-order valence-electron chi connectivity index (χ2n) is 6.19. The monoisotopic (exact) mass is 293 g/mol. The van der Waals surface area contributed by atoms with Gasteiger partial charge < -0.3 is 9.84 Å². The SMILES string of the molecule is Cc1ccc(C)c(C(C(=O)O)N(C)C(=O)OC(C)(C)C)c1. The van der Waals surface area contributed by atoms with E-state index in [-0.39, 0.29) is 0 Å². The van der Waals surface area contributed by atoms with Crippen LogP contribution < -0.4 is 0 Å². The van der Waals surface area contributed by atoms with Crippen molar-refractivity contribution >= 4 is 12.1 Å². The van der Waals surface area contributed by atoms with Crippen LogP contribution in [0.3, 0.4) is 0 Å². The van der Waals surface area contributed by atoms with Gasteiger partial charge in [-0.15, -0.1) is 0 Å². The van der Waals surface area contributed by atoms with Crippen molar-refractivity contribution in [3.63, 3.8) is 0 Å². The molecule has 1 rings (SSSR count). The second-order valence-corrected chi connectivity index (χ2v) is 6.19. The quantitative estimate of drug-likeness (QED) is 0.928. The van der Waals surface area contributed by atoms with Gasteiger partial charge in [0.1, 0.15) is 5.60 Å². The summed E-state index contributed by atoms with van der Waals surface area (Å²) in [6, 6.07) is 4.48. The van der Waals surface area contributed by atoms with Crippen molar-refractivity contribution in [1.82, 2.24) is 4.90 Å². The number of aryl methyl sites for hydroxylation is 2. The third kappa shape index (κ3) is 4.48. The van der Waals surface area contributed by atoms with Crippen LogP contribution in [0, 0.1) is 13.8 Å². The molecule has 0 aliphatic carbocycles. The number of carbonyl (C=O) groups is 2. The van der Waals surface area contributed by atoms with Crippen LogP contribution in [-0.4, -0.2) is 34.7 Å². The minimum absolute atomic E-state index is 0.593. The lowest BCUT2D eigenvalue weighted by atomic mass is 9.98. The number of hydrogen-bond donors (Lipinski definition) is 1. The van der Waals surface area contributed by atoms with Crippen LogP contribution >= 0.6 is 0 Å². The van der Waals surface area contributed by atoms with E-state index in [1.165, 1.54) is 7.05 Å². The zero-order valence-corrected chi connectivity index (χ0v) is 13.4. The molecule has 0 aromatic heterocycles. The Bertz CT molecular complexity index is 546. The van der Waals surface area contributed by atoms with Gasteiger partial charge in [0.15, 0.2) is 6.04 Å². The molecule has 0 heterocycles. The van der Waals surface area contributed by atoms with Crippen molar-refractivity contribution in [2.45, 2.75) is 46.3 Å². The second kappa shape index (κ2) is 6.16. The third-order valence-electron chi connectivity index (χ3n) is 3.03. The predicted octanol–water partition coefficient (Wildman–Crippen LogP) is 3.30. The lowest BCUT2D eigenvalue weighted by Gasteiger charge is -2.29. The van der Waals surface area contributed by atoms with Crippen LogP contribution in [-0.2, 0) is 9.53 Å². The van der Waals surface area contributed by atoms with Gasteiger partial charge in [-0.1, -0.05) is 23.8 Å². The summed E-state index contributed by atoms with van der Waals surface area (Å²) in [5.74, 6) is -1.09. The maximum Gasteiger partial charge on any atom is 0.411 e. The van der Waals surface area contributed by atoms with Crippen LogP contribution in [0.15, 0.2) is 18.2 Å². The maximum absolute atomic E-state index is 12.1. The number of amides is 1. The fourth-order valence-electron chi connectivity index (χ4n) is 2.00. The molecule has 0 fully saturated rings. The highest BCUT2D eigenvalue weighted by atomic mass is 16.6. The number of rotatable bonds is 3. The summed E-state index contributed by atoms with van der Waals surface area (Å²) in [5, 5.41) is 9.51. The number of carboxylic acid groups (broad SMARTS) is 1. The van der Waals surface area contributed by atoms with Gasteiger partial charge in [0.2, 0.25) is 0 Å². The summed E-state index contributed by atoms with van der Waals surface area (Å²) >= 11 is 0. The van der Waals surface area contributed by atoms with Gasteiger partial charge in [-0.2, -0.15) is 0 Å². The minimum Gasteiger partial charge on any atom is -0.479 e. The van der Waals surface area contributed by atoms with E-state index >= 15 is 0 Å². The van der Waals surface area contributed by atoms with E-state index in [1.54, 1.807) is 26.8 Å². The topological polar surface area (TPSA) is 66.8 Å². The molecule has 21 heavy (non-hydrogen) atoms. The number of ether oxygens (including phenoxy) is 1. The molecule has 1 atom stereocenters. The number of likely N-dealkylation sites (N-methyl/N-ethyl adjacent to an activating group) is 1. The molecule has 1 amide bonds. The van der Waals surface area contributed by atoms with E-state index in [1.807, 2.05) is 26.0 Å². The number of aliphatic carboxylic acids is 1. The average molecular weight is 293 g/mol. The third-order valence-corrected chi connectivity index (χ3v) is 3.03. The van der Waals surface area contributed by atoms with Crippen molar-refractivity contribution in [2.24, 2.45) is 0 Å². The van der Waals surface area contributed by atoms with Crippen molar-refractivity contribution in [3.05, 3.63) is 34.9 Å². The Morgan fingerprint density at radius 3 is 2.29 bits per heavy atom. The Morgan fingerprint density at radius 2 is 1.81 bits per heavy atom. The summed E-state index contributed by atoms with van der Waals surface area (Å²) in [6.07, 6.45) is -0.657. The molecule has 0 bridgehead atoms. The number of nitrogens with zero attached hydrogens (tertiary/aromatic N) is 1. The van der Waals surface area contributed by atoms with Crippen LogP contribution in [0.25, 0.3) is 0 Å². The number of carbonyl (C=O) groups excluding carboxylic acids is 1. The van der Waals surface area contributed by atoms with Crippen molar-refractivity contribution < 1.29 is 19.4 Å². The highest BCUT2D eigenvalue weighted by molar-refractivity contribution is 5.82. The first-order chi connectivity index (χ1) is 9.53. The number of hydrogen-bond acceptors (Lipinski definition) is 3.